The van der Waals surface area contributed by atoms with Gasteiger partial charge in [-0.05, 0) is 22.9 Å². The van der Waals surface area contributed by atoms with Gasteiger partial charge < -0.3 is 5.01 Å². The van der Waals surface area contributed by atoms with Crippen LogP contribution in [-0.4, -0.2) is 24.8 Å². The topological polar surface area (TPSA) is 15.6 Å². The molecular weight excluding hydrogens is 236 g/mol. The van der Waals surface area contributed by atoms with Gasteiger partial charge in [0.1, 0.15) is 0 Å². The zero-order chi connectivity index (χ0) is 8.97. The number of halogens is 1. The molecule has 0 saturated carbocycles. The van der Waals surface area contributed by atoms with Gasteiger partial charge in [-0.3, -0.25) is 0 Å². The fourth-order valence-corrected chi connectivity index (χ4v) is 1.98. The van der Waals surface area contributed by atoms with Gasteiger partial charge in [0.15, 0.2) is 0 Å². The van der Waals surface area contributed by atoms with Crippen molar-refractivity contribution in [3.8, 4) is 0 Å². The Morgan fingerprint density at radius 3 is 2.92 bits per heavy atom. The van der Waals surface area contributed by atoms with E-state index in [0.29, 0.717) is 0 Å². The molecule has 1 heterocycles. The van der Waals surface area contributed by atoms with E-state index in [4.69, 9.17) is 0 Å². The van der Waals surface area contributed by atoms with Crippen LogP contribution in [0.4, 0.5) is 0 Å². The Morgan fingerprint density at radius 2 is 2.42 bits per heavy atom. The lowest BCUT2D eigenvalue weighted by atomic mass is 10.4. The predicted molar refractivity (Wildman–Crippen MR) is 57.9 cm³/mol. The summed E-state index contributed by atoms with van der Waals surface area (Å²) in [6.07, 6.45) is 1.87. The molecule has 0 amide bonds. The van der Waals surface area contributed by atoms with Crippen LogP contribution in [0.5, 0.6) is 0 Å². The number of nitrogens with zero attached hydrogens (tertiary/aromatic N) is 2. The van der Waals surface area contributed by atoms with E-state index in [1.54, 1.807) is 11.3 Å². The first-order valence-electron chi connectivity index (χ1n) is 3.71. The molecule has 0 spiro atoms. The van der Waals surface area contributed by atoms with Crippen molar-refractivity contribution in [3.05, 3.63) is 20.8 Å². The summed E-state index contributed by atoms with van der Waals surface area (Å²) in [5.74, 6) is 0. The molecule has 0 aliphatic rings. The highest BCUT2D eigenvalue weighted by molar-refractivity contribution is 9.10. The van der Waals surface area contributed by atoms with Crippen molar-refractivity contribution in [1.29, 1.82) is 0 Å². The summed E-state index contributed by atoms with van der Waals surface area (Å²) >= 11 is 5.11. The molecule has 1 aromatic heterocycles. The maximum atomic E-state index is 4.23. The van der Waals surface area contributed by atoms with Crippen molar-refractivity contribution in [1.82, 2.24) is 5.01 Å². The van der Waals surface area contributed by atoms with Crippen LogP contribution in [0.25, 0.3) is 0 Å². The van der Waals surface area contributed by atoms with Gasteiger partial charge in [0.05, 0.1) is 6.21 Å². The van der Waals surface area contributed by atoms with Gasteiger partial charge in [0.2, 0.25) is 0 Å². The van der Waals surface area contributed by atoms with E-state index in [2.05, 4.69) is 33.3 Å². The average Bonchev–Trinajstić information content (AvgIpc) is 2.47. The Balaban J connectivity index is 2.63. The maximum absolute atomic E-state index is 4.23. The number of hydrogen-bond acceptors (Lipinski definition) is 3. The molecule has 1 aromatic rings. The van der Waals surface area contributed by atoms with Crippen LogP contribution in [0.15, 0.2) is 20.3 Å². The van der Waals surface area contributed by atoms with Crippen LogP contribution in [0.1, 0.15) is 12.5 Å². The minimum Gasteiger partial charge on any atom is -0.300 e. The van der Waals surface area contributed by atoms with Crippen molar-refractivity contribution in [3.63, 3.8) is 0 Å². The van der Waals surface area contributed by atoms with Gasteiger partial charge in [-0.25, -0.2) is 0 Å². The van der Waals surface area contributed by atoms with Crippen LogP contribution in [0.3, 0.4) is 0 Å². The SMILES string of the molecule is CCN(C)/N=C/c1cscc1Br. The predicted octanol–water partition coefficient (Wildman–Crippen LogP) is 2.80. The second kappa shape index (κ2) is 4.62. The van der Waals surface area contributed by atoms with E-state index in [9.17, 15) is 0 Å². The summed E-state index contributed by atoms with van der Waals surface area (Å²) in [4.78, 5) is 0. The molecule has 0 N–H and O–H groups in total. The molecule has 0 bridgehead atoms. The van der Waals surface area contributed by atoms with E-state index >= 15 is 0 Å². The highest BCUT2D eigenvalue weighted by atomic mass is 79.9. The largest absolute Gasteiger partial charge is 0.300 e. The number of hydrazone groups is 1. The first-order valence-corrected chi connectivity index (χ1v) is 5.44. The lowest BCUT2D eigenvalue weighted by molar-refractivity contribution is 0.377. The van der Waals surface area contributed by atoms with E-state index in [1.807, 2.05) is 23.7 Å². The van der Waals surface area contributed by atoms with E-state index in [0.717, 1.165) is 16.6 Å². The molecule has 0 unspecified atom stereocenters. The maximum Gasteiger partial charge on any atom is 0.0562 e. The van der Waals surface area contributed by atoms with Crippen LogP contribution >= 0.6 is 27.3 Å². The quantitative estimate of drug-likeness (QED) is 0.592. The van der Waals surface area contributed by atoms with Gasteiger partial charge in [-0.1, -0.05) is 0 Å². The van der Waals surface area contributed by atoms with Gasteiger partial charge in [-0.15, -0.1) is 0 Å². The minimum absolute atomic E-state index is 0.929. The molecule has 66 valence electrons. The number of hydrogen-bond donors (Lipinski definition) is 0. The van der Waals surface area contributed by atoms with Crippen molar-refractivity contribution < 1.29 is 0 Å². The minimum atomic E-state index is 0.929. The standard InChI is InChI=1S/C8H11BrN2S/c1-3-11(2)10-4-7-5-12-6-8(7)9/h4-6H,3H2,1-2H3/b10-4+. The summed E-state index contributed by atoms with van der Waals surface area (Å²) in [5, 5.41) is 10.2. The van der Waals surface area contributed by atoms with Gasteiger partial charge in [0.25, 0.3) is 0 Å². The molecule has 2 nitrogen and oxygen atoms in total. The lowest BCUT2D eigenvalue weighted by Crippen LogP contribution is -2.09. The molecule has 0 radical (unpaired) electrons. The third-order valence-corrected chi connectivity index (χ3v) is 3.25. The molecule has 4 heteroatoms. The Morgan fingerprint density at radius 1 is 1.67 bits per heavy atom. The fraction of sp³-hybridized carbons (Fsp3) is 0.375. The average molecular weight is 247 g/mol. The zero-order valence-corrected chi connectivity index (χ0v) is 9.52. The lowest BCUT2D eigenvalue weighted by Gasteiger charge is -2.07. The van der Waals surface area contributed by atoms with Crippen LogP contribution in [0.2, 0.25) is 0 Å². The van der Waals surface area contributed by atoms with E-state index in [-0.39, 0.29) is 0 Å². The van der Waals surface area contributed by atoms with Gasteiger partial charge in [0, 0.05) is 34.4 Å². The third kappa shape index (κ3) is 2.60. The number of rotatable bonds is 3. The molecule has 0 aliphatic heterocycles. The fourth-order valence-electron chi connectivity index (χ4n) is 0.626. The molecule has 0 aliphatic carbocycles. The Bertz CT molecular complexity index is 270. The van der Waals surface area contributed by atoms with Crippen molar-refractivity contribution >= 4 is 33.5 Å². The van der Waals surface area contributed by atoms with Crippen molar-refractivity contribution in [2.45, 2.75) is 6.92 Å². The normalized spacial score (nSPS) is 10.9. The smallest absolute Gasteiger partial charge is 0.0562 e. The Hall–Kier alpha value is -0.350. The summed E-state index contributed by atoms with van der Waals surface area (Å²) in [5.41, 5.74) is 1.14. The van der Waals surface area contributed by atoms with Crippen LogP contribution < -0.4 is 0 Å². The molecule has 0 saturated heterocycles. The zero-order valence-electron chi connectivity index (χ0n) is 7.12. The summed E-state index contributed by atoms with van der Waals surface area (Å²) in [6, 6.07) is 0. The summed E-state index contributed by atoms with van der Waals surface area (Å²) in [6.45, 7) is 3.00. The highest BCUT2D eigenvalue weighted by Crippen LogP contribution is 2.19. The van der Waals surface area contributed by atoms with Crippen LogP contribution in [0, 0.1) is 0 Å². The molecule has 0 aromatic carbocycles. The van der Waals surface area contributed by atoms with Gasteiger partial charge >= 0.3 is 0 Å². The first kappa shape index (κ1) is 9.74. The van der Waals surface area contributed by atoms with Crippen LogP contribution in [-0.2, 0) is 0 Å². The van der Waals surface area contributed by atoms with E-state index < -0.39 is 0 Å². The summed E-state index contributed by atoms with van der Waals surface area (Å²) < 4.78 is 1.11. The molecule has 0 atom stereocenters. The van der Waals surface area contributed by atoms with Crippen molar-refractivity contribution in [2.75, 3.05) is 13.6 Å². The Kier molecular flexibility index (Phi) is 3.75. The monoisotopic (exact) mass is 246 g/mol. The molecule has 12 heavy (non-hydrogen) atoms. The van der Waals surface area contributed by atoms with Gasteiger partial charge in [-0.2, -0.15) is 16.4 Å². The molecule has 1 rings (SSSR count). The molecular formula is C8H11BrN2S. The Labute approximate surface area is 85.0 Å². The first-order chi connectivity index (χ1) is 5.74. The number of thiophene rings is 1. The second-order valence-electron chi connectivity index (χ2n) is 2.39. The second-order valence-corrected chi connectivity index (χ2v) is 3.99. The summed E-state index contributed by atoms with van der Waals surface area (Å²) in [7, 11) is 1.96. The third-order valence-electron chi connectivity index (χ3n) is 1.49. The highest BCUT2D eigenvalue weighted by Gasteiger charge is 1.96. The van der Waals surface area contributed by atoms with E-state index in [1.165, 1.54) is 0 Å². The van der Waals surface area contributed by atoms with Crippen molar-refractivity contribution in [2.24, 2.45) is 5.10 Å². The molecule has 0 fully saturated rings.